The maximum absolute atomic E-state index is 14.1. The molecule has 1 unspecified atom stereocenters. The summed E-state index contributed by atoms with van der Waals surface area (Å²) in [4.78, 5) is 26.6. The Morgan fingerprint density at radius 2 is 1.97 bits per heavy atom. The van der Waals surface area contributed by atoms with Crippen LogP contribution in [0.3, 0.4) is 0 Å². The van der Waals surface area contributed by atoms with Gasteiger partial charge in [0.2, 0.25) is 0 Å². The highest BCUT2D eigenvalue weighted by atomic mass is 79.9. The molecule has 0 aromatic heterocycles. The van der Waals surface area contributed by atoms with Crippen molar-refractivity contribution < 1.29 is 42.1 Å². The van der Waals surface area contributed by atoms with Crippen LogP contribution >= 0.6 is 15.9 Å². The van der Waals surface area contributed by atoms with Crippen LogP contribution in [0.15, 0.2) is 22.7 Å². The molecular formula is C19H21BrF3NO7. The van der Waals surface area contributed by atoms with Gasteiger partial charge in [0.15, 0.2) is 6.10 Å². The van der Waals surface area contributed by atoms with Crippen molar-refractivity contribution in [2.24, 2.45) is 5.41 Å². The molecule has 0 amide bonds. The number of carbonyl (C=O) groups is 1. The molecule has 31 heavy (non-hydrogen) atoms. The summed E-state index contributed by atoms with van der Waals surface area (Å²) in [7, 11) is 0. The number of fused-ring (bicyclic) bond motifs is 1. The molecule has 0 N–H and O–H groups in total. The number of rotatable bonds is 7. The van der Waals surface area contributed by atoms with E-state index in [1.807, 2.05) is 0 Å². The van der Waals surface area contributed by atoms with Crippen LogP contribution in [-0.2, 0) is 14.3 Å². The summed E-state index contributed by atoms with van der Waals surface area (Å²) in [5.74, 6) is 0.0184. The van der Waals surface area contributed by atoms with E-state index in [1.165, 1.54) is 19.9 Å². The van der Waals surface area contributed by atoms with Crippen molar-refractivity contribution in [1.29, 1.82) is 0 Å². The summed E-state index contributed by atoms with van der Waals surface area (Å²) in [6.07, 6.45) is -6.04. The molecule has 12 heteroatoms. The number of ether oxygens (including phenoxy) is 3. The van der Waals surface area contributed by atoms with Crippen molar-refractivity contribution in [3.8, 4) is 5.75 Å². The minimum Gasteiger partial charge on any atom is -0.469 e. The first kappa shape index (κ1) is 24.8. The van der Waals surface area contributed by atoms with Gasteiger partial charge in [-0.1, -0.05) is 35.9 Å². The molecule has 0 bridgehead atoms. The molecule has 0 aliphatic carbocycles. The minimum absolute atomic E-state index is 0.0184. The van der Waals surface area contributed by atoms with Crippen molar-refractivity contribution in [1.82, 2.24) is 0 Å². The van der Waals surface area contributed by atoms with Gasteiger partial charge in [0.05, 0.1) is 0 Å². The number of hydrogen-bond acceptors (Lipinski definition) is 7. The van der Waals surface area contributed by atoms with E-state index in [9.17, 15) is 28.1 Å². The summed E-state index contributed by atoms with van der Waals surface area (Å²) in [6, 6.07) is 3.21. The summed E-state index contributed by atoms with van der Waals surface area (Å²) in [5.41, 5.74) is -3.00. The first-order chi connectivity index (χ1) is 14.2. The molecule has 0 saturated carbocycles. The molecule has 1 heterocycles. The molecule has 0 radical (unpaired) electrons. The molecule has 0 spiro atoms. The van der Waals surface area contributed by atoms with Crippen LogP contribution in [-0.4, -0.2) is 42.3 Å². The lowest BCUT2D eigenvalue weighted by Crippen LogP contribution is -2.58. The smallest absolute Gasteiger partial charge is 0.469 e. The molecular weight excluding hydrogens is 491 g/mol. The largest absolute Gasteiger partial charge is 0.508 e. The molecule has 1 aliphatic rings. The van der Waals surface area contributed by atoms with E-state index < -0.39 is 34.5 Å². The van der Waals surface area contributed by atoms with Gasteiger partial charge >= 0.3 is 12.3 Å². The van der Waals surface area contributed by atoms with Gasteiger partial charge in [-0.2, -0.15) is 13.2 Å². The van der Waals surface area contributed by atoms with Crippen LogP contribution in [0, 0.1) is 22.5 Å². The third-order valence-electron chi connectivity index (χ3n) is 4.51. The lowest BCUT2D eigenvalue weighted by Gasteiger charge is -2.40. The SMILES string of the molecule is Cc1cc(Br)cc2c1O[C@@](C(C)OC(=O)OCC(C)(C)CO[N+](=O)[O-])(C(F)(F)F)C=C2. The van der Waals surface area contributed by atoms with Gasteiger partial charge in [-0.25, -0.2) is 4.79 Å². The second-order valence-corrected chi connectivity index (χ2v) is 8.74. The summed E-state index contributed by atoms with van der Waals surface area (Å²) >= 11 is 3.28. The monoisotopic (exact) mass is 511 g/mol. The van der Waals surface area contributed by atoms with Crippen LogP contribution in [0.1, 0.15) is 31.9 Å². The quantitative estimate of drug-likeness (QED) is 0.280. The average molecular weight is 512 g/mol. The highest BCUT2D eigenvalue weighted by Crippen LogP contribution is 2.45. The zero-order valence-corrected chi connectivity index (χ0v) is 18.7. The van der Waals surface area contributed by atoms with Gasteiger partial charge in [0.25, 0.3) is 10.7 Å². The Hall–Kier alpha value is -2.50. The zero-order chi connectivity index (χ0) is 23.6. The zero-order valence-electron chi connectivity index (χ0n) is 17.1. The standard InChI is InChI=1S/C19H21BrF3NO7/c1-11-7-14(20)8-13-5-6-18(19(21,22)23,31-15(11)13)12(2)30-16(25)28-9-17(3,4)10-29-24(26)27/h5-8,12H,9-10H2,1-4H3/t12?,18-/m0/s1. The minimum atomic E-state index is -4.92. The third kappa shape index (κ3) is 5.81. The van der Waals surface area contributed by atoms with Crippen molar-refractivity contribution in [3.63, 3.8) is 0 Å². The van der Waals surface area contributed by atoms with Crippen molar-refractivity contribution >= 4 is 28.2 Å². The van der Waals surface area contributed by atoms with E-state index >= 15 is 0 Å². The van der Waals surface area contributed by atoms with Gasteiger partial charge < -0.3 is 19.0 Å². The van der Waals surface area contributed by atoms with Gasteiger partial charge in [0.1, 0.15) is 19.0 Å². The predicted molar refractivity (Wildman–Crippen MR) is 106 cm³/mol. The Bertz CT molecular complexity index is 888. The fourth-order valence-electron chi connectivity index (χ4n) is 2.83. The van der Waals surface area contributed by atoms with E-state index in [-0.39, 0.29) is 19.0 Å². The molecule has 1 aromatic rings. The van der Waals surface area contributed by atoms with E-state index in [0.717, 1.165) is 13.0 Å². The topological polar surface area (TPSA) is 97.1 Å². The highest BCUT2D eigenvalue weighted by Gasteiger charge is 2.62. The number of alkyl halides is 3. The Labute approximate surface area is 184 Å². The van der Waals surface area contributed by atoms with E-state index in [0.29, 0.717) is 15.6 Å². The van der Waals surface area contributed by atoms with Gasteiger partial charge in [-0.05, 0) is 37.6 Å². The van der Waals surface area contributed by atoms with Crippen LogP contribution in [0.5, 0.6) is 5.75 Å². The number of nitrogens with zero attached hydrogens (tertiary/aromatic N) is 1. The third-order valence-corrected chi connectivity index (χ3v) is 4.97. The number of benzene rings is 1. The van der Waals surface area contributed by atoms with Gasteiger partial charge in [0, 0.05) is 15.5 Å². The first-order valence-electron chi connectivity index (χ1n) is 9.03. The first-order valence-corrected chi connectivity index (χ1v) is 9.82. The maximum Gasteiger partial charge on any atom is 0.508 e. The van der Waals surface area contributed by atoms with Crippen molar-refractivity contribution in [2.75, 3.05) is 13.2 Å². The highest BCUT2D eigenvalue weighted by molar-refractivity contribution is 9.10. The lowest BCUT2D eigenvalue weighted by atomic mass is 9.91. The van der Waals surface area contributed by atoms with E-state index in [1.54, 1.807) is 19.1 Å². The Kier molecular flexibility index (Phi) is 7.14. The number of aryl methyl sites for hydroxylation is 1. The van der Waals surface area contributed by atoms with Gasteiger partial charge in [-0.15, -0.1) is 10.1 Å². The lowest BCUT2D eigenvalue weighted by molar-refractivity contribution is -0.760. The Balaban J connectivity index is 2.16. The van der Waals surface area contributed by atoms with Crippen LogP contribution in [0.2, 0.25) is 0 Å². The molecule has 1 aliphatic heterocycles. The van der Waals surface area contributed by atoms with Crippen LogP contribution < -0.4 is 4.74 Å². The predicted octanol–water partition coefficient (Wildman–Crippen LogP) is 5.24. The normalized spacial score (nSPS) is 19.1. The van der Waals surface area contributed by atoms with Crippen molar-refractivity contribution in [2.45, 2.75) is 45.6 Å². The van der Waals surface area contributed by atoms with E-state index in [4.69, 9.17) is 14.2 Å². The van der Waals surface area contributed by atoms with Crippen molar-refractivity contribution in [3.05, 3.63) is 43.9 Å². The fourth-order valence-corrected chi connectivity index (χ4v) is 3.42. The van der Waals surface area contributed by atoms with Crippen LogP contribution in [0.4, 0.5) is 18.0 Å². The fraction of sp³-hybridized carbons (Fsp3) is 0.526. The number of carbonyl (C=O) groups excluding carboxylic acids is 1. The summed E-state index contributed by atoms with van der Waals surface area (Å²) in [6.45, 7) is 4.90. The number of hydrogen-bond donors (Lipinski definition) is 0. The maximum atomic E-state index is 14.1. The molecule has 172 valence electrons. The molecule has 1 aromatic carbocycles. The second kappa shape index (κ2) is 8.93. The Morgan fingerprint density at radius 1 is 1.32 bits per heavy atom. The second-order valence-electron chi connectivity index (χ2n) is 7.83. The number of halogens is 4. The summed E-state index contributed by atoms with van der Waals surface area (Å²) in [5, 5.41) is 9.29. The average Bonchev–Trinajstić information content (AvgIpc) is 2.63. The Morgan fingerprint density at radius 3 is 2.55 bits per heavy atom. The molecule has 8 nitrogen and oxygen atoms in total. The van der Waals surface area contributed by atoms with E-state index in [2.05, 4.69) is 20.8 Å². The summed E-state index contributed by atoms with van der Waals surface area (Å²) < 4.78 is 58.0. The molecule has 0 fully saturated rings. The van der Waals surface area contributed by atoms with Crippen LogP contribution in [0.25, 0.3) is 6.08 Å². The molecule has 0 saturated heterocycles. The van der Waals surface area contributed by atoms with Gasteiger partial charge in [-0.3, -0.25) is 0 Å². The molecule has 2 rings (SSSR count). The molecule has 2 atom stereocenters.